The van der Waals surface area contributed by atoms with Crippen LogP contribution in [-0.4, -0.2) is 11.6 Å². The zero-order chi connectivity index (χ0) is 6.97. The van der Waals surface area contributed by atoms with E-state index in [1.807, 2.05) is 12.1 Å². The molecule has 0 aromatic carbocycles. The quantitative estimate of drug-likeness (QED) is 0.647. The van der Waals surface area contributed by atoms with Gasteiger partial charge in [-0.05, 0) is 28.1 Å². The van der Waals surface area contributed by atoms with E-state index in [1.165, 1.54) is 0 Å². The molecule has 3 heteroatoms. The summed E-state index contributed by atoms with van der Waals surface area (Å²) in [6.07, 6.45) is 2.03. The van der Waals surface area contributed by atoms with Gasteiger partial charge in [-0.3, -0.25) is 4.98 Å². The van der Waals surface area contributed by atoms with Crippen molar-refractivity contribution in [2.75, 3.05) is 6.61 Å². The standard InChI is InChI=1S/C7H6BrNO/c8-5-2-1-3-9-7(5)6-4-10-6/h1-3,6H,4H2. The van der Waals surface area contributed by atoms with Gasteiger partial charge in [0.05, 0.1) is 12.3 Å². The number of nitrogens with zero attached hydrogens (tertiary/aromatic N) is 1. The Bertz CT molecular complexity index is 247. The van der Waals surface area contributed by atoms with E-state index in [4.69, 9.17) is 4.74 Å². The van der Waals surface area contributed by atoms with Crippen molar-refractivity contribution in [2.45, 2.75) is 6.10 Å². The summed E-state index contributed by atoms with van der Waals surface area (Å²) in [4.78, 5) is 4.17. The van der Waals surface area contributed by atoms with E-state index in [1.54, 1.807) is 6.20 Å². The monoisotopic (exact) mass is 199 g/mol. The molecule has 0 bridgehead atoms. The average Bonchev–Trinajstić information content (AvgIpc) is 2.71. The molecular formula is C7H6BrNO. The van der Waals surface area contributed by atoms with Gasteiger partial charge >= 0.3 is 0 Å². The summed E-state index contributed by atoms with van der Waals surface area (Å²) in [5, 5.41) is 0. The molecule has 0 N–H and O–H groups in total. The number of epoxide rings is 1. The van der Waals surface area contributed by atoms with E-state index in [0.717, 1.165) is 16.8 Å². The van der Waals surface area contributed by atoms with Crippen LogP contribution in [0.1, 0.15) is 11.8 Å². The summed E-state index contributed by atoms with van der Waals surface area (Å²) in [6, 6.07) is 3.87. The Morgan fingerprint density at radius 3 is 3.10 bits per heavy atom. The van der Waals surface area contributed by atoms with E-state index < -0.39 is 0 Å². The van der Waals surface area contributed by atoms with Crippen LogP contribution in [0.25, 0.3) is 0 Å². The van der Waals surface area contributed by atoms with Crippen LogP contribution in [0.5, 0.6) is 0 Å². The lowest BCUT2D eigenvalue weighted by molar-refractivity contribution is 0.410. The van der Waals surface area contributed by atoms with E-state index in [2.05, 4.69) is 20.9 Å². The minimum Gasteiger partial charge on any atom is -0.366 e. The first kappa shape index (κ1) is 6.31. The SMILES string of the molecule is Brc1cccnc1C1CO1. The van der Waals surface area contributed by atoms with Crippen LogP contribution in [0.2, 0.25) is 0 Å². The summed E-state index contributed by atoms with van der Waals surface area (Å²) in [6.45, 7) is 0.815. The normalized spacial score (nSPS) is 22.7. The topological polar surface area (TPSA) is 25.4 Å². The summed E-state index contributed by atoms with van der Waals surface area (Å²) in [5.74, 6) is 0. The molecule has 1 aromatic rings. The number of pyridine rings is 1. The second-order valence-corrected chi connectivity index (χ2v) is 3.05. The van der Waals surface area contributed by atoms with Crippen molar-refractivity contribution in [3.8, 4) is 0 Å². The molecule has 1 aliphatic heterocycles. The van der Waals surface area contributed by atoms with Gasteiger partial charge in [0.15, 0.2) is 0 Å². The van der Waals surface area contributed by atoms with Gasteiger partial charge in [-0.2, -0.15) is 0 Å². The van der Waals surface area contributed by atoms with Crippen molar-refractivity contribution in [3.05, 3.63) is 28.5 Å². The molecule has 1 atom stereocenters. The second-order valence-electron chi connectivity index (χ2n) is 2.19. The first-order valence-corrected chi connectivity index (χ1v) is 3.89. The molecule has 0 radical (unpaired) electrons. The molecule has 2 heterocycles. The van der Waals surface area contributed by atoms with E-state index in [9.17, 15) is 0 Å². The summed E-state index contributed by atoms with van der Waals surface area (Å²) < 4.78 is 6.12. The van der Waals surface area contributed by atoms with E-state index >= 15 is 0 Å². The first-order chi connectivity index (χ1) is 4.88. The highest BCUT2D eigenvalue weighted by Crippen LogP contribution is 2.32. The number of halogens is 1. The molecular weight excluding hydrogens is 194 g/mol. The van der Waals surface area contributed by atoms with Crippen molar-refractivity contribution >= 4 is 15.9 Å². The molecule has 1 aromatic heterocycles. The van der Waals surface area contributed by atoms with E-state index in [0.29, 0.717) is 0 Å². The molecule has 0 spiro atoms. The second kappa shape index (κ2) is 2.32. The number of aromatic nitrogens is 1. The van der Waals surface area contributed by atoms with Gasteiger partial charge in [0, 0.05) is 10.7 Å². The fourth-order valence-electron chi connectivity index (χ4n) is 0.841. The van der Waals surface area contributed by atoms with Crippen LogP contribution in [0, 0.1) is 0 Å². The molecule has 0 aliphatic carbocycles. The minimum absolute atomic E-state index is 0.246. The Labute approximate surface area is 67.4 Å². The van der Waals surface area contributed by atoms with Gasteiger partial charge < -0.3 is 4.74 Å². The third kappa shape index (κ3) is 1.07. The van der Waals surface area contributed by atoms with Crippen molar-refractivity contribution in [2.24, 2.45) is 0 Å². The average molecular weight is 200 g/mol. The third-order valence-electron chi connectivity index (χ3n) is 1.43. The molecule has 0 saturated carbocycles. The first-order valence-electron chi connectivity index (χ1n) is 3.10. The van der Waals surface area contributed by atoms with Crippen molar-refractivity contribution in [1.82, 2.24) is 4.98 Å². The largest absolute Gasteiger partial charge is 0.366 e. The summed E-state index contributed by atoms with van der Waals surface area (Å²) >= 11 is 3.39. The highest BCUT2D eigenvalue weighted by atomic mass is 79.9. The van der Waals surface area contributed by atoms with Crippen LogP contribution in [0.15, 0.2) is 22.8 Å². The van der Waals surface area contributed by atoms with Crippen LogP contribution in [0.3, 0.4) is 0 Å². The molecule has 1 unspecified atom stereocenters. The Kier molecular flexibility index (Phi) is 1.47. The number of hydrogen-bond donors (Lipinski definition) is 0. The van der Waals surface area contributed by atoms with Gasteiger partial charge in [-0.15, -0.1) is 0 Å². The zero-order valence-electron chi connectivity index (χ0n) is 5.25. The molecule has 10 heavy (non-hydrogen) atoms. The van der Waals surface area contributed by atoms with Crippen LogP contribution >= 0.6 is 15.9 Å². The maximum absolute atomic E-state index is 5.08. The van der Waals surface area contributed by atoms with Gasteiger partial charge in [-0.25, -0.2) is 0 Å². The molecule has 1 saturated heterocycles. The fraction of sp³-hybridized carbons (Fsp3) is 0.286. The number of hydrogen-bond acceptors (Lipinski definition) is 2. The lowest BCUT2D eigenvalue weighted by atomic mass is 10.3. The van der Waals surface area contributed by atoms with Crippen LogP contribution < -0.4 is 0 Å². The highest BCUT2D eigenvalue weighted by molar-refractivity contribution is 9.10. The maximum Gasteiger partial charge on any atom is 0.124 e. The molecule has 2 rings (SSSR count). The molecule has 0 amide bonds. The predicted molar refractivity (Wildman–Crippen MR) is 40.6 cm³/mol. The predicted octanol–water partition coefficient (Wildman–Crippen LogP) is 1.92. The lowest BCUT2D eigenvalue weighted by Crippen LogP contribution is -1.86. The van der Waals surface area contributed by atoms with Gasteiger partial charge in [0.1, 0.15) is 6.10 Å². The van der Waals surface area contributed by atoms with Gasteiger partial charge in [0.2, 0.25) is 0 Å². The Morgan fingerprint density at radius 2 is 2.50 bits per heavy atom. The lowest BCUT2D eigenvalue weighted by Gasteiger charge is -1.95. The Balaban J connectivity index is 2.39. The van der Waals surface area contributed by atoms with Crippen molar-refractivity contribution < 1.29 is 4.74 Å². The molecule has 1 aliphatic rings. The van der Waals surface area contributed by atoms with E-state index in [-0.39, 0.29) is 6.10 Å². The minimum atomic E-state index is 0.246. The zero-order valence-corrected chi connectivity index (χ0v) is 6.84. The van der Waals surface area contributed by atoms with Crippen LogP contribution in [-0.2, 0) is 4.74 Å². The summed E-state index contributed by atoms with van der Waals surface area (Å²) in [5.41, 5.74) is 1.02. The molecule has 1 fully saturated rings. The highest BCUT2D eigenvalue weighted by Gasteiger charge is 2.27. The Morgan fingerprint density at radius 1 is 1.70 bits per heavy atom. The number of ether oxygens (including phenoxy) is 1. The van der Waals surface area contributed by atoms with Gasteiger partial charge in [-0.1, -0.05) is 0 Å². The third-order valence-corrected chi connectivity index (χ3v) is 2.10. The summed E-state index contributed by atoms with van der Waals surface area (Å²) in [7, 11) is 0. The van der Waals surface area contributed by atoms with Gasteiger partial charge in [0.25, 0.3) is 0 Å². The number of rotatable bonds is 1. The smallest absolute Gasteiger partial charge is 0.124 e. The molecule has 52 valence electrons. The Hall–Kier alpha value is -0.410. The van der Waals surface area contributed by atoms with Crippen molar-refractivity contribution in [1.29, 1.82) is 0 Å². The molecule has 2 nitrogen and oxygen atoms in total. The maximum atomic E-state index is 5.08. The van der Waals surface area contributed by atoms with Crippen molar-refractivity contribution in [3.63, 3.8) is 0 Å². The fourth-order valence-corrected chi connectivity index (χ4v) is 1.35. The van der Waals surface area contributed by atoms with Crippen LogP contribution in [0.4, 0.5) is 0 Å².